The summed E-state index contributed by atoms with van der Waals surface area (Å²) in [6.07, 6.45) is 0. The van der Waals surface area contributed by atoms with Gasteiger partial charge in [0.2, 0.25) is 0 Å². The van der Waals surface area contributed by atoms with E-state index in [4.69, 9.17) is 0 Å². The predicted octanol–water partition coefficient (Wildman–Crippen LogP) is 5.46. The van der Waals surface area contributed by atoms with E-state index < -0.39 is 0 Å². The molecule has 0 saturated carbocycles. The van der Waals surface area contributed by atoms with E-state index in [0.717, 1.165) is 0 Å². The minimum absolute atomic E-state index is 0.438. The quantitative estimate of drug-likeness (QED) is 0.411. The standard InChI is InChI=1S/2C7H7.2C4H9As.2Ga/c2*1-7-5-3-2-4-6-7;2*1-4(2,3)5;;/h2*2-6H,1H2;2*1-3H3;;. The van der Waals surface area contributed by atoms with Crippen molar-refractivity contribution in [2.75, 3.05) is 0 Å². The molecule has 0 heterocycles. The van der Waals surface area contributed by atoms with Gasteiger partial charge in [0.25, 0.3) is 0 Å². The zero-order chi connectivity index (χ0) is 20.6. The van der Waals surface area contributed by atoms with Gasteiger partial charge >= 0.3 is 203 Å². The molecule has 0 amide bonds. The molecule has 0 N–H and O–H groups in total. The van der Waals surface area contributed by atoms with E-state index in [0.29, 0.717) is 8.41 Å². The summed E-state index contributed by atoms with van der Waals surface area (Å²) in [5.41, 5.74) is 2.88. The van der Waals surface area contributed by atoms with Crippen molar-refractivity contribution in [2.45, 2.75) is 59.9 Å². The second-order valence-corrected chi connectivity index (χ2v) is 15.1. The van der Waals surface area contributed by atoms with Crippen LogP contribution in [0.2, 0.25) is 8.41 Å². The molecule has 0 bridgehead atoms. The van der Waals surface area contributed by atoms with Gasteiger partial charge in [0.1, 0.15) is 0 Å². The molecule has 2 aromatic rings. The third-order valence-corrected chi connectivity index (χ3v) is 4.14. The maximum atomic E-state index is 2.58. The second-order valence-electron chi connectivity index (χ2n) is 7.72. The van der Waals surface area contributed by atoms with Crippen molar-refractivity contribution in [3.8, 4) is 0 Å². The van der Waals surface area contributed by atoms with Crippen LogP contribution in [0.5, 0.6) is 0 Å². The van der Waals surface area contributed by atoms with E-state index in [2.05, 4.69) is 124 Å². The summed E-state index contributed by atoms with van der Waals surface area (Å²) in [5, 5.41) is 0. The molecule has 0 nitrogen and oxygen atoms in total. The first-order valence-electron chi connectivity index (χ1n) is 8.79. The van der Waals surface area contributed by atoms with Gasteiger partial charge < -0.3 is 0 Å². The van der Waals surface area contributed by atoms with Crippen molar-refractivity contribution in [1.29, 1.82) is 0 Å². The molecule has 0 spiro atoms. The van der Waals surface area contributed by atoms with E-state index in [1.165, 1.54) is 21.1 Å². The first-order valence-corrected chi connectivity index (χ1v) is 14.1. The van der Waals surface area contributed by atoms with Crippen LogP contribution in [0, 0.1) is 0 Å². The van der Waals surface area contributed by atoms with Crippen LogP contribution in [0.15, 0.2) is 60.7 Å². The molecule has 0 atom stereocenters. The Hall–Kier alpha value is 0.830. The molecule has 4 heteroatoms. The molecule has 2 aromatic carbocycles. The molecule has 0 aliphatic heterocycles. The molecule has 0 aliphatic carbocycles. The van der Waals surface area contributed by atoms with Crippen molar-refractivity contribution >= 4 is 70.9 Å². The average Bonchev–Trinajstić information content (AvgIpc) is 2.54. The fourth-order valence-electron chi connectivity index (χ4n) is 1.23. The van der Waals surface area contributed by atoms with Crippen molar-refractivity contribution in [3.63, 3.8) is 0 Å². The van der Waals surface area contributed by atoms with Gasteiger partial charge in [-0.25, -0.2) is 0 Å². The van der Waals surface area contributed by atoms with Crippen LogP contribution in [0.4, 0.5) is 0 Å². The number of hydrogen-bond donors (Lipinski definition) is 0. The Labute approximate surface area is 200 Å². The first-order chi connectivity index (χ1) is 11.9. The third-order valence-electron chi connectivity index (χ3n) is 2.16. The SMILES string of the molecule is CC(C)(C)[As].CC(C)(C)[As].[Ga][CH2]c1ccccc1.[Ga][CH2]c1ccccc1. The van der Waals surface area contributed by atoms with Crippen molar-refractivity contribution in [1.82, 2.24) is 0 Å². The number of rotatable bonds is 2. The zero-order valence-corrected chi connectivity index (χ0v) is 25.8. The number of hydrogen-bond acceptors (Lipinski definition) is 0. The Morgan fingerprint density at radius 1 is 0.577 bits per heavy atom. The molecule has 26 heavy (non-hydrogen) atoms. The molecule has 136 valence electrons. The van der Waals surface area contributed by atoms with Gasteiger partial charge in [-0.15, -0.1) is 0 Å². The van der Waals surface area contributed by atoms with Gasteiger partial charge in [0, 0.05) is 0 Å². The summed E-state index contributed by atoms with van der Waals surface area (Å²) in [5.74, 6) is 0. The molecule has 8 radical (unpaired) electrons. The maximum absolute atomic E-state index is 2.58. The van der Waals surface area contributed by atoms with E-state index in [1.54, 1.807) is 37.2 Å². The molecule has 2 rings (SSSR count). The van der Waals surface area contributed by atoms with Crippen LogP contribution in [-0.2, 0) is 9.95 Å². The second kappa shape index (κ2) is 16.8. The minimum atomic E-state index is 0.438. The van der Waals surface area contributed by atoms with Crippen LogP contribution in [0.1, 0.15) is 52.7 Å². The molecular weight excluding hydrogens is 554 g/mol. The molecule has 0 fully saturated rings. The fourth-order valence-corrected chi connectivity index (χ4v) is 2.37. The molecule has 0 saturated heterocycles. The monoisotopic (exact) mass is 584 g/mol. The Bertz CT molecular complexity index is 466. The topological polar surface area (TPSA) is 0 Å². The Morgan fingerprint density at radius 3 is 0.885 bits per heavy atom. The molecule has 0 aliphatic rings. The normalized spacial score (nSPS) is 10.2. The van der Waals surface area contributed by atoms with Crippen LogP contribution >= 0.6 is 0 Å². The summed E-state index contributed by atoms with van der Waals surface area (Å²) < 4.78 is 0.875. The van der Waals surface area contributed by atoms with Crippen molar-refractivity contribution in [3.05, 3.63) is 71.8 Å². The predicted molar refractivity (Wildman–Crippen MR) is 123 cm³/mol. The van der Waals surface area contributed by atoms with Gasteiger partial charge in [0.05, 0.1) is 0 Å². The van der Waals surface area contributed by atoms with Gasteiger partial charge in [-0.2, -0.15) is 0 Å². The van der Waals surface area contributed by atoms with E-state index in [1.807, 2.05) is 12.1 Å². The Kier molecular flexibility index (Phi) is 18.7. The van der Waals surface area contributed by atoms with E-state index in [9.17, 15) is 0 Å². The fraction of sp³-hybridized carbons (Fsp3) is 0.455. The van der Waals surface area contributed by atoms with Crippen LogP contribution < -0.4 is 0 Å². The van der Waals surface area contributed by atoms with Crippen LogP contribution in [0.25, 0.3) is 0 Å². The summed E-state index contributed by atoms with van der Waals surface area (Å²) in [4.78, 5) is 2.40. The number of benzene rings is 2. The van der Waals surface area contributed by atoms with Crippen LogP contribution in [-0.4, -0.2) is 70.9 Å². The summed E-state index contributed by atoms with van der Waals surface area (Å²) in [7, 11) is 0. The summed E-state index contributed by atoms with van der Waals surface area (Å²) in [6, 6.07) is 21.0. The molecule has 0 aromatic heterocycles. The average molecular weight is 586 g/mol. The van der Waals surface area contributed by atoms with Crippen molar-refractivity contribution < 1.29 is 0 Å². The molecule has 0 unspecified atom stereocenters. The van der Waals surface area contributed by atoms with E-state index in [-0.39, 0.29) is 0 Å². The van der Waals surface area contributed by atoms with Crippen molar-refractivity contribution in [2.24, 2.45) is 0 Å². The Balaban J connectivity index is 0. The molecular formula is C22H32As2Ga2. The third kappa shape index (κ3) is 32.5. The Morgan fingerprint density at radius 2 is 0.769 bits per heavy atom. The van der Waals surface area contributed by atoms with Gasteiger partial charge in [-0.3, -0.25) is 0 Å². The first kappa shape index (κ1) is 29.0. The van der Waals surface area contributed by atoms with Crippen LogP contribution in [0.3, 0.4) is 0 Å². The zero-order valence-electron chi connectivity index (χ0n) is 17.2. The van der Waals surface area contributed by atoms with Gasteiger partial charge in [0.15, 0.2) is 0 Å². The van der Waals surface area contributed by atoms with Gasteiger partial charge in [-0.1, -0.05) is 0 Å². The van der Waals surface area contributed by atoms with E-state index >= 15 is 0 Å². The summed E-state index contributed by atoms with van der Waals surface area (Å²) in [6.45, 7) is 13.0. The van der Waals surface area contributed by atoms with Gasteiger partial charge in [-0.05, 0) is 0 Å². The summed E-state index contributed by atoms with van der Waals surface area (Å²) >= 11 is 8.69.